The lowest BCUT2D eigenvalue weighted by molar-refractivity contribution is 0.322. The smallest absolute Gasteiger partial charge is 0.119 e. The summed E-state index contributed by atoms with van der Waals surface area (Å²) < 4.78 is 5.56. The Hall–Kier alpha value is -1.76. The van der Waals surface area contributed by atoms with Crippen molar-refractivity contribution in [1.82, 2.24) is 0 Å². The predicted molar refractivity (Wildman–Crippen MR) is 65.0 cm³/mol. The van der Waals surface area contributed by atoms with Crippen LogP contribution in [0.25, 0.3) is 0 Å². The van der Waals surface area contributed by atoms with E-state index < -0.39 is 0 Å². The van der Waals surface area contributed by atoms with E-state index in [1.54, 1.807) is 6.08 Å². The molecule has 0 heterocycles. The van der Waals surface area contributed by atoms with Crippen LogP contribution in [0.5, 0.6) is 5.75 Å². The number of hydrogen-bond donors (Lipinski definition) is 0. The quantitative estimate of drug-likeness (QED) is 0.635. The zero-order chi connectivity index (χ0) is 10.9. The summed E-state index contributed by atoms with van der Waals surface area (Å²) in [6.07, 6.45) is 6.39. The van der Waals surface area contributed by atoms with E-state index in [9.17, 15) is 0 Å². The lowest BCUT2D eigenvalue weighted by atomic mass is 10.2. The maximum Gasteiger partial charge on any atom is 0.119 e. The maximum absolute atomic E-state index is 5.56. The fourth-order valence-corrected chi connectivity index (χ4v) is 1.21. The molecular weight excluding hydrogens is 184 g/mol. The molecule has 78 valence electrons. The fourth-order valence-electron chi connectivity index (χ4n) is 1.21. The van der Waals surface area contributed by atoms with E-state index >= 15 is 0 Å². The van der Waals surface area contributed by atoms with Crippen LogP contribution in [0.1, 0.15) is 6.42 Å². The number of allylic oxidation sites excluding steroid dienone is 3. The second-order valence-corrected chi connectivity index (χ2v) is 3.09. The van der Waals surface area contributed by atoms with Gasteiger partial charge in [0.05, 0.1) is 6.61 Å². The molecule has 0 saturated heterocycles. The van der Waals surface area contributed by atoms with Crippen LogP contribution in [0.3, 0.4) is 0 Å². The summed E-state index contributed by atoms with van der Waals surface area (Å²) in [6, 6.07) is 9.79. The van der Waals surface area contributed by atoms with E-state index in [1.807, 2.05) is 42.5 Å². The van der Waals surface area contributed by atoms with Gasteiger partial charge in [0.15, 0.2) is 0 Å². The Kier molecular flexibility index (Phi) is 5.02. The summed E-state index contributed by atoms with van der Waals surface area (Å²) >= 11 is 0. The van der Waals surface area contributed by atoms with Crippen molar-refractivity contribution in [2.24, 2.45) is 0 Å². The van der Waals surface area contributed by atoms with Gasteiger partial charge < -0.3 is 4.74 Å². The van der Waals surface area contributed by atoms with Crippen molar-refractivity contribution >= 4 is 0 Å². The summed E-state index contributed by atoms with van der Waals surface area (Å²) in [5, 5.41) is 0. The molecule has 0 aliphatic rings. The van der Waals surface area contributed by atoms with Crippen LogP contribution < -0.4 is 4.74 Å². The van der Waals surface area contributed by atoms with E-state index in [0.29, 0.717) is 6.61 Å². The van der Waals surface area contributed by atoms with Gasteiger partial charge in [-0.2, -0.15) is 0 Å². The third kappa shape index (κ3) is 4.32. The standard InChI is InChI=1S/C14H16O/c1-3-8-13(4-2)11-12-15-14-9-6-5-7-10-14/h3-10H,1-2,11-12H2/b13-8+. The van der Waals surface area contributed by atoms with Gasteiger partial charge in [-0.3, -0.25) is 0 Å². The molecule has 15 heavy (non-hydrogen) atoms. The van der Waals surface area contributed by atoms with Crippen LogP contribution in [-0.4, -0.2) is 6.61 Å². The predicted octanol–water partition coefficient (Wildman–Crippen LogP) is 3.75. The average molecular weight is 200 g/mol. The first kappa shape index (κ1) is 11.3. The SMILES string of the molecule is C=C/C=C(\C=C)CCOc1ccccc1. The maximum atomic E-state index is 5.56. The minimum Gasteiger partial charge on any atom is -0.493 e. The van der Waals surface area contributed by atoms with E-state index in [1.165, 1.54) is 0 Å². The average Bonchev–Trinajstić information content (AvgIpc) is 2.29. The normalized spacial score (nSPS) is 10.8. The first-order valence-corrected chi connectivity index (χ1v) is 4.98. The van der Waals surface area contributed by atoms with E-state index in [-0.39, 0.29) is 0 Å². The fraction of sp³-hybridized carbons (Fsp3) is 0.143. The molecule has 0 aliphatic carbocycles. The van der Waals surface area contributed by atoms with Gasteiger partial charge in [-0.25, -0.2) is 0 Å². The molecule has 1 nitrogen and oxygen atoms in total. The van der Waals surface area contributed by atoms with E-state index in [0.717, 1.165) is 17.7 Å². The molecule has 0 atom stereocenters. The summed E-state index contributed by atoms with van der Waals surface area (Å²) in [7, 11) is 0. The topological polar surface area (TPSA) is 9.23 Å². The van der Waals surface area contributed by atoms with Gasteiger partial charge in [-0.15, -0.1) is 0 Å². The molecule has 0 radical (unpaired) electrons. The summed E-state index contributed by atoms with van der Waals surface area (Å²) in [5.74, 6) is 0.902. The molecule has 0 spiro atoms. The molecule has 1 aromatic carbocycles. The highest BCUT2D eigenvalue weighted by atomic mass is 16.5. The molecule has 0 fully saturated rings. The van der Waals surface area contributed by atoms with Crippen LogP contribution >= 0.6 is 0 Å². The van der Waals surface area contributed by atoms with Crippen molar-refractivity contribution in [2.75, 3.05) is 6.61 Å². The van der Waals surface area contributed by atoms with Crippen LogP contribution in [0.15, 0.2) is 67.3 Å². The Morgan fingerprint density at radius 1 is 1.20 bits per heavy atom. The molecule has 0 aromatic heterocycles. The molecule has 1 rings (SSSR count). The number of para-hydroxylation sites is 1. The molecule has 0 bridgehead atoms. The molecule has 0 aliphatic heterocycles. The highest BCUT2D eigenvalue weighted by molar-refractivity contribution is 5.23. The van der Waals surface area contributed by atoms with E-state index in [2.05, 4.69) is 13.2 Å². The number of rotatable bonds is 6. The van der Waals surface area contributed by atoms with Crippen molar-refractivity contribution in [3.05, 3.63) is 67.3 Å². The van der Waals surface area contributed by atoms with Crippen molar-refractivity contribution in [2.45, 2.75) is 6.42 Å². The Labute approximate surface area is 91.4 Å². The van der Waals surface area contributed by atoms with Crippen molar-refractivity contribution < 1.29 is 4.74 Å². The summed E-state index contributed by atoms with van der Waals surface area (Å²) in [6.45, 7) is 8.05. The first-order chi connectivity index (χ1) is 7.36. The van der Waals surface area contributed by atoms with Crippen LogP contribution in [0, 0.1) is 0 Å². The highest BCUT2D eigenvalue weighted by Crippen LogP contribution is 2.10. The third-order valence-electron chi connectivity index (χ3n) is 2.00. The molecular formula is C14H16O. The van der Waals surface area contributed by atoms with Crippen LogP contribution in [0.2, 0.25) is 0 Å². The molecule has 0 saturated carbocycles. The van der Waals surface area contributed by atoms with Gasteiger partial charge in [-0.1, -0.05) is 49.6 Å². The molecule has 0 unspecified atom stereocenters. The zero-order valence-electron chi connectivity index (χ0n) is 8.86. The van der Waals surface area contributed by atoms with Crippen molar-refractivity contribution in [3.63, 3.8) is 0 Å². The minimum absolute atomic E-state index is 0.662. The number of ether oxygens (including phenoxy) is 1. The lowest BCUT2D eigenvalue weighted by Crippen LogP contribution is -1.97. The second-order valence-electron chi connectivity index (χ2n) is 3.09. The zero-order valence-corrected chi connectivity index (χ0v) is 8.86. The van der Waals surface area contributed by atoms with Gasteiger partial charge in [-0.05, 0) is 17.7 Å². The molecule has 1 aromatic rings. The second kappa shape index (κ2) is 6.66. The highest BCUT2D eigenvalue weighted by Gasteiger charge is 1.93. The minimum atomic E-state index is 0.662. The van der Waals surface area contributed by atoms with E-state index in [4.69, 9.17) is 4.74 Å². The molecule has 0 amide bonds. The Morgan fingerprint density at radius 3 is 2.53 bits per heavy atom. The summed E-state index contributed by atoms with van der Waals surface area (Å²) in [4.78, 5) is 0. The Morgan fingerprint density at radius 2 is 1.93 bits per heavy atom. The largest absolute Gasteiger partial charge is 0.493 e. The third-order valence-corrected chi connectivity index (χ3v) is 2.00. The van der Waals surface area contributed by atoms with Gasteiger partial charge in [0.1, 0.15) is 5.75 Å². The molecule has 1 heteroatoms. The monoisotopic (exact) mass is 200 g/mol. The number of benzene rings is 1. The van der Waals surface area contributed by atoms with Gasteiger partial charge in [0.25, 0.3) is 0 Å². The summed E-state index contributed by atoms with van der Waals surface area (Å²) in [5.41, 5.74) is 1.14. The van der Waals surface area contributed by atoms with Gasteiger partial charge in [0.2, 0.25) is 0 Å². The Balaban J connectivity index is 2.36. The molecule has 0 N–H and O–H groups in total. The van der Waals surface area contributed by atoms with Crippen LogP contribution in [0.4, 0.5) is 0 Å². The van der Waals surface area contributed by atoms with Crippen molar-refractivity contribution in [3.8, 4) is 5.75 Å². The Bertz CT molecular complexity index is 336. The first-order valence-electron chi connectivity index (χ1n) is 4.98. The lowest BCUT2D eigenvalue weighted by Gasteiger charge is -2.05. The number of hydrogen-bond acceptors (Lipinski definition) is 1. The van der Waals surface area contributed by atoms with Crippen LogP contribution in [-0.2, 0) is 0 Å². The van der Waals surface area contributed by atoms with Gasteiger partial charge >= 0.3 is 0 Å². The van der Waals surface area contributed by atoms with Gasteiger partial charge in [0, 0.05) is 6.42 Å². The van der Waals surface area contributed by atoms with Crippen molar-refractivity contribution in [1.29, 1.82) is 0 Å².